The van der Waals surface area contributed by atoms with E-state index in [-0.39, 0.29) is 35.4 Å². The zero-order valence-electron chi connectivity index (χ0n) is 11.2. The number of aliphatic hydroxyl groups is 1. The molecule has 4 aliphatic rings. The second-order valence-corrected chi connectivity index (χ2v) is 6.76. The van der Waals surface area contributed by atoms with Crippen LogP contribution in [0.3, 0.4) is 0 Å². The SMILES string of the molecule is O=C1CCC2C1C2C(=O)N1CC2(CC(O)CNC2=O)C1. The van der Waals surface area contributed by atoms with Crippen molar-refractivity contribution in [3.63, 3.8) is 0 Å². The normalized spacial score (nSPS) is 41.1. The molecule has 2 amide bonds. The van der Waals surface area contributed by atoms with Gasteiger partial charge in [-0.3, -0.25) is 14.4 Å². The highest BCUT2D eigenvalue weighted by Gasteiger charge is 2.64. The summed E-state index contributed by atoms with van der Waals surface area (Å²) in [5.41, 5.74) is -0.596. The average Bonchev–Trinajstić information content (AvgIpc) is 2.99. The number of ketones is 1. The highest BCUT2D eigenvalue weighted by molar-refractivity contribution is 5.97. The molecule has 0 aromatic carbocycles. The standard InChI is InChI=1S/C14H18N2O4/c17-7-3-14(13(20)15-4-7)5-16(6-14)12(19)11-8-1-2-9(18)10(8)11/h7-8,10-11,17H,1-6H2,(H,15,20). The number of carbonyl (C=O) groups excluding carboxylic acids is 3. The maximum atomic E-state index is 12.3. The summed E-state index contributed by atoms with van der Waals surface area (Å²) in [4.78, 5) is 37.5. The van der Waals surface area contributed by atoms with Crippen molar-refractivity contribution in [3.8, 4) is 0 Å². The monoisotopic (exact) mass is 278 g/mol. The molecule has 4 unspecified atom stereocenters. The lowest BCUT2D eigenvalue weighted by Gasteiger charge is -2.51. The summed E-state index contributed by atoms with van der Waals surface area (Å²) in [5.74, 6) is 0.312. The third-order valence-corrected chi connectivity index (χ3v) is 5.45. The first kappa shape index (κ1) is 12.3. The number of fused-ring (bicyclic) bond motifs is 1. The number of rotatable bonds is 1. The van der Waals surface area contributed by atoms with Gasteiger partial charge in [-0.15, -0.1) is 0 Å². The van der Waals surface area contributed by atoms with Crippen LogP contribution in [-0.4, -0.2) is 53.3 Å². The Kier molecular flexibility index (Phi) is 2.35. The van der Waals surface area contributed by atoms with E-state index < -0.39 is 11.5 Å². The third kappa shape index (κ3) is 1.51. The van der Waals surface area contributed by atoms with Crippen LogP contribution in [0.2, 0.25) is 0 Å². The second kappa shape index (κ2) is 3.81. The van der Waals surface area contributed by atoms with Crippen LogP contribution < -0.4 is 5.32 Å². The molecule has 2 aliphatic carbocycles. The van der Waals surface area contributed by atoms with E-state index in [2.05, 4.69) is 5.32 Å². The summed E-state index contributed by atoms with van der Waals surface area (Å²) in [7, 11) is 0. The van der Waals surface area contributed by atoms with Crippen molar-refractivity contribution >= 4 is 17.6 Å². The predicted octanol–water partition coefficient (Wildman–Crippen LogP) is -1.08. The summed E-state index contributed by atoms with van der Waals surface area (Å²) in [6.45, 7) is 1.08. The Morgan fingerprint density at radius 1 is 1.35 bits per heavy atom. The number of β-amino-alcohol motifs (C(OH)–C–C–N with tert-alkyl or cyclic N) is 1. The van der Waals surface area contributed by atoms with Gasteiger partial charge in [-0.2, -0.15) is 0 Å². The molecule has 2 heterocycles. The maximum absolute atomic E-state index is 12.3. The summed E-state index contributed by atoms with van der Waals surface area (Å²) in [6, 6.07) is 0. The molecule has 20 heavy (non-hydrogen) atoms. The van der Waals surface area contributed by atoms with E-state index in [1.54, 1.807) is 4.90 Å². The van der Waals surface area contributed by atoms with Gasteiger partial charge in [0.1, 0.15) is 5.78 Å². The Balaban J connectivity index is 1.40. The van der Waals surface area contributed by atoms with Crippen LogP contribution in [0.5, 0.6) is 0 Å². The molecule has 2 saturated carbocycles. The minimum atomic E-state index is -0.596. The minimum absolute atomic E-state index is 0.0338. The number of nitrogens with one attached hydrogen (secondary N) is 1. The molecule has 4 rings (SSSR count). The molecule has 2 aliphatic heterocycles. The predicted molar refractivity (Wildman–Crippen MR) is 67.4 cm³/mol. The molecule has 4 fully saturated rings. The number of aliphatic hydroxyl groups excluding tert-OH is 1. The third-order valence-electron chi connectivity index (χ3n) is 5.45. The van der Waals surface area contributed by atoms with Crippen molar-refractivity contribution in [2.24, 2.45) is 23.2 Å². The number of hydrogen-bond acceptors (Lipinski definition) is 4. The lowest BCUT2D eigenvalue weighted by atomic mass is 9.72. The van der Waals surface area contributed by atoms with Crippen LogP contribution in [0, 0.1) is 23.2 Å². The Labute approximate surface area is 116 Å². The molecule has 6 heteroatoms. The van der Waals surface area contributed by atoms with E-state index in [9.17, 15) is 19.5 Å². The fraction of sp³-hybridized carbons (Fsp3) is 0.786. The van der Waals surface area contributed by atoms with Crippen molar-refractivity contribution in [1.82, 2.24) is 10.2 Å². The molecule has 6 nitrogen and oxygen atoms in total. The second-order valence-electron chi connectivity index (χ2n) is 6.76. The smallest absolute Gasteiger partial charge is 0.230 e. The molecule has 0 aromatic rings. The molecule has 2 N–H and O–H groups in total. The average molecular weight is 278 g/mol. The van der Waals surface area contributed by atoms with E-state index in [0.29, 0.717) is 32.5 Å². The van der Waals surface area contributed by atoms with Gasteiger partial charge in [0.25, 0.3) is 0 Å². The molecular formula is C14H18N2O4. The molecule has 0 bridgehead atoms. The number of Topliss-reactive ketones (excluding diaryl/α,β-unsaturated/α-hetero) is 1. The van der Waals surface area contributed by atoms with E-state index >= 15 is 0 Å². The fourth-order valence-corrected chi connectivity index (χ4v) is 4.32. The fourth-order valence-electron chi connectivity index (χ4n) is 4.32. The first-order chi connectivity index (χ1) is 9.52. The lowest BCUT2D eigenvalue weighted by Crippen LogP contribution is -2.68. The van der Waals surface area contributed by atoms with E-state index in [0.717, 1.165) is 6.42 Å². The van der Waals surface area contributed by atoms with Gasteiger partial charge in [-0.1, -0.05) is 0 Å². The minimum Gasteiger partial charge on any atom is -0.391 e. The van der Waals surface area contributed by atoms with Gasteiger partial charge in [0, 0.05) is 32.0 Å². The van der Waals surface area contributed by atoms with Crippen molar-refractivity contribution in [2.75, 3.05) is 19.6 Å². The first-order valence-corrected chi connectivity index (χ1v) is 7.30. The number of nitrogens with zero attached hydrogens (tertiary/aromatic N) is 1. The van der Waals surface area contributed by atoms with Crippen molar-refractivity contribution < 1.29 is 19.5 Å². The van der Waals surface area contributed by atoms with Gasteiger partial charge in [0.15, 0.2) is 0 Å². The van der Waals surface area contributed by atoms with Crippen molar-refractivity contribution in [2.45, 2.75) is 25.4 Å². The largest absolute Gasteiger partial charge is 0.391 e. The van der Waals surface area contributed by atoms with Gasteiger partial charge in [-0.25, -0.2) is 0 Å². The van der Waals surface area contributed by atoms with Gasteiger partial charge in [0.2, 0.25) is 11.8 Å². The Morgan fingerprint density at radius 2 is 2.10 bits per heavy atom. The molecule has 2 saturated heterocycles. The molecule has 108 valence electrons. The molecular weight excluding hydrogens is 260 g/mol. The molecule has 1 spiro atoms. The van der Waals surface area contributed by atoms with Crippen molar-refractivity contribution in [1.29, 1.82) is 0 Å². The Hall–Kier alpha value is -1.43. The number of piperidine rings is 1. The van der Waals surface area contributed by atoms with E-state index in [1.807, 2.05) is 0 Å². The van der Waals surface area contributed by atoms with Crippen LogP contribution in [0.4, 0.5) is 0 Å². The topological polar surface area (TPSA) is 86.7 Å². The summed E-state index contributed by atoms with van der Waals surface area (Å²) >= 11 is 0. The van der Waals surface area contributed by atoms with E-state index in [1.165, 1.54) is 0 Å². The highest BCUT2D eigenvalue weighted by atomic mass is 16.3. The molecule has 0 aromatic heterocycles. The molecule has 0 radical (unpaired) electrons. The van der Waals surface area contributed by atoms with Crippen LogP contribution in [-0.2, 0) is 14.4 Å². The number of amides is 2. The molecule has 4 atom stereocenters. The van der Waals surface area contributed by atoms with E-state index in [4.69, 9.17) is 0 Å². The van der Waals surface area contributed by atoms with Gasteiger partial charge in [-0.05, 0) is 18.8 Å². The van der Waals surface area contributed by atoms with Gasteiger partial charge in [0.05, 0.1) is 17.4 Å². The highest BCUT2D eigenvalue weighted by Crippen LogP contribution is 2.57. The number of carbonyl (C=O) groups is 3. The summed E-state index contributed by atoms with van der Waals surface area (Å²) in [5, 5.41) is 12.4. The van der Waals surface area contributed by atoms with Gasteiger partial charge >= 0.3 is 0 Å². The number of likely N-dealkylation sites (tertiary alicyclic amines) is 1. The quantitative estimate of drug-likeness (QED) is 0.639. The Morgan fingerprint density at radius 3 is 2.75 bits per heavy atom. The van der Waals surface area contributed by atoms with Crippen LogP contribution >= 0.6 is 0 Å². The first-order valence-electron chi connectivity index (χ1n) is 7.30. The van der Waals surface area contributed by atoms with Crippen LogP contribution in [0.15, 0.2) is 0 Å². The summed E-state index contributed by atoms with van der Waals surface area (Å²) < 4.78 is 0. The Bertz CT molecular complexity index is 511. The summed E-state index contributed by atoms with van der Waals surface area (Å²) in [6.07, 6.45) is 1.38. The zero-order chi connectivity index (χ0) is 14.1. The van der Waals surface area contributed by atoms with Crippen molar-refractivity contribution in [3.05, 3.63) is 0 Å². The maximum Gasteiger partial charge on any atom is 0.230 e. The van der Waals surface area contributed by atoms with Crippen LogP contribution in [0.25, 0.3) is 0 Å². The van der Waals surface area contributed by atoms with Crippen LogP contribution in [0.1, 0.15) is 19.3 Å². The number of hydrogen-bond donors (Lipinski definition) is 2. The lowest BCUT2D eigenvalue weighted by molar-refractivity contribution is -0.162. The van der Waals surface area contributed by atoms with Gasteiger partial charge < -0.3 is 15.3 Å². The zero-order valence-corrected chi connectivity index (χ0v) is 11.2.